The van der Waals surface area contributed by atoms with Crippen LogP contribution in [0.3, 0.4) is 0 Å². The lowest BCUT2D eigenvalue weighted by atomic mass is 10.1. The largest absolute Gasteiger partial charge is 0.423 e. The van der Waals surface area contributed by atoms with E-state index in [2.05, 4.69) is 0 Å². The summed E-state index contributed by atoms with van der Waals surface area (Å²) in [7, 11) is 0. The van der Waals surface area contributed by atoms with E-state index < -0.39 is 5.97 Å². The highest BCUT2D eigenvalue weighted by atomic mass is 35.5. The van der Waals surface area contributed by atoms with Crippen LogP contribution in [0.5, 0.6) is 5.75 Å². The van der Waals surface area contributed by atoms with Gasteiger partial charge in [0, 0.05) is 10.6 Å². The molecule has 0 atom stereocenters. The van der Waals surface area contributed by atoms with Crippen LogP contribution in [-0.2, 0) is 0 Å². The molecule has 0 aliphatic carbocycles. The maximum Gasteiger partial charge on any atom is 0.343 e. The number of allylic oxidation sites excluding steroid dienone is 1. The molecule has 3 aromatic rings. The van der Waals surface area contributed by atoms with Crippen LogP contribution in [-0.4, -0.2) is 11.8 Å². The summed E-state index contributed by atoms with van der Waals surface area (Å²) in [6.45, 7) is 1.95. The molecule has 0 radical (unpaired) electrons. The minimum atomic E-state index is -0.437. The lowest BCUT2D eigenvalue weighted by molar-refractivity contribution is 0.0734. The molecule has 3 aromatic carbocycles. The number of esters is 1. The normalized spacial score (nSPS) is 10.7. The third-order valence-corrected chi connectivity index (χ3v) is 4.30. The van der Waals surface area contributed by atoms with Crippen molar-refractivity contribution in [1.29, 1.82) is 0 Å². The van der Waals surface area contributed by atoms with Crippen molar-refractivity contribution in [3.63, 3.8) is 0 Å². The molecule has 0 saturated carbocycles. The molecule has 0 N–H and O–H groups in total. The van der Waals surface area contributed by atoms with Crippen molar-refractivity contribution >= 4 is 29.4 Å². The average molecular weight is 377 g/mol. The molecule has 0 bridgehead atoms. The number of carbonyl (C=O) groups is 2. The Labute approximate surface area is 162 Å². The summed E-state index contributed by atoms with van der Waals surface area (Å²) in [5.41, 5.74) is 2.81. The number of hydrogen-bond acceptors (Lipinski definition) is 3. The fourth-order valence-electron chi connectivity index (χ4n) is 2.41. The smallest absolute Gasteiger partial charge is 0.343 e. The van der Waals surface area contributed by atoms with E-state index in [9.17, 15) is 9.59 Å². The van der Waals surface area contributed by atoms with E-state index in [-0.39, 0.29) is 5.78 Å². The molecule has 0 aliphatic heterocycles. The SMILES string of the molecule is Cc1ccc(C(=O)Oc2ccc(C(=O)/C=C/c3ccccc3Cl)cc2)cc1. The molecule has 0 aromatic heterocycles. The number of ketones is 1. The lowest BCUT2D eigenvalue weighted by Gasteiger charge is -2.05. The van der Waals surface area contributed by atoms with E-state index in [4.69, 9.17) is 16.3 Å². The van der Waals surface area contributed by atoms with Gasteiger partial charge in [-0.25, -0.2) is 4.79 Å². The fourth-order valence-corrected chi connectivity index (χ4v) is 2.61. The maximum absolute atomic E-state index is 12.3. The van der Waals surface area contributed by atoms with Crippen molar-refractivity contribution in [3.05, 3.63) is 106 Å². The minimum Gasteiger partial charge on any atom is -0.423 e. The van der Waals surface area contributed by atoms with E-state index in [0.29, 0.717) is 21.9 Å². The van der Waals surface area contributed by atoms with Gasteiger partial charge in [0.25, 0.3) is 0 Å². The average Bonchev–Trinajstić information content (AvgIpc) is 2.68. The highest BCUT2D eigenvalue weighted by Crippen LogP contribution is 2.18. The van der Waals surface area contributed by atoms with Gasteiger partial charge in [0.2, 0.25) is 0 Å². The molecule has 3 rings (SSSR count). The van der Waals surface area contributed by atoms with Gasteiger partial charge >= 0.3 is 5.97 Å². The van der Waals surface area contributed by atoms with Crippen LogP contribution in [0.1, 0.15) is 31.8 Å². The zero-order valence-electron chi connectivity index (χ0n) is 14.7. The molecular weight excluding hydrogens is 360 g/mol. The van der Waals surface area contributed by atoms with Crippen molar-refractivity contribution in [2.45, 2.75) is 6.92 Å². The number of rotatable bonds is 5. The number of halogens is 1. The second-order valence-corrected chi connectivity index (χ2v) is 6.41. The minimum absolute atomic E-state index is 0.161. The molecule has 0 unspecified atom stereocenters. The first kappa shape index (κ1) is 18.6. The number of hydrogen-bond donors (Lipinski definition) is 0. The summed E-state index contributed by atoms with van der Waals surface area (Å²) < 4.78 is 5.33. The van der Waals surface area contributed by atoms with Crippen molar-refractivity contribution in [2.24, 2.45) is 0 Å². The summed E-state index contributed by atoms with van der Waals surface area (Å²) in [4.78, 5) is 24.4. The fraction of sp³-hybridized carbons (Fsp3) is 0.0435. The Morgan fingerprint density at radius 3 is 2.15 bits per heavy atom. The van der Waals surface area contributed by atoms with E-state index in [1.54, 1.807) is 48.5 Å². The molecular formula is C23H17ClO3. The Hall–Kier alpha value is -3.17. The summed E-state index contributed by atoms with van der Waals surface area (Å²) in [6.07, 6.45) is 3.14. The van der Waals surface area contributed by atoms with Crippen molar-refractivity contribution < 1.29 is 14.3 Å². The summed E-state index contributed by atoms with van der Waals surface area (Å²) in [5, 5.41) is 0.583. The number of carbonyl (C=O) groups excluding carboxylic acids is 2. The van der Waals surface area contributed by atoms with Gasteiger partial charge in [-0.2, -0.15) is 0 Å². The van der Waals surface area contributed by atoms with Crippen molar-refractivity contribution in [1.82, 2.24) is 0 Å². The molecule has 3 nitrogen and oxygen atoms in total. The summed E-state index contributed by atoms with van der Waals surface area (Å²) in [5.74, 6) is -0.216. The standard InChI is InChI=1S/C23H17ClO3/c1-16-6-8-19(9-7-16)23(26)27-20-13-10-18(11-14-20)22(25)15-12-17-4-2-3-5-21(17)24/h2-15H,1H3/b15-12+. The molecule has 4 heteroatoms. The molecule has 0 spiro atoms. The zero-order valence-corrected chi connectivity index (χ0v) is 15.4. The number of benzene rings is 3. The molecule has 0 heterocycles. The van der Waals surface area contributed by atoms with Gasteiger partial charge < -0.3 is 4.74 Å². The first-order valence-electron chi connectivity index (χ1n) is 8.39. The van der Waals surface area contributed by atoms with Gasteiger partial charge in [-0.1, -0.05) is 47.5 Å². The van der Waals surface area contributed by atoms with Gasteiger partial charge in [0.05, 0.1) is 5.56 Å². The molecule has 134 valence electrons. The van der Waals surface area contributed by atoms with E-state index in [0.717, 1.165) is 11.1 Å². The van der Waals surface area contributed by atoms with Crippen LogP contribution >= 0.6 is 11.6 Å². The van der Waals surface area contributed by atoms with Crippen LogP contribution in [0.15, 0.2) is 78.9 Å². The Bertz CT molecular complexity index is 987. The van der Waals surface area contributed by atoms with Gasteiger partial charge in [0.15, 0.2) is 5.78 Å². The highest BCUT2D eigenvalue weighted by Gasteiger charge is 2.09. The van der Waals surface area contributed by atoms with Crippen LogP contribution in [0.2, 0.25) is 5.02 Å². The first-order chi connectivity index (χ1) is 13.0. The molecule has 0 amide bonds. The van der Waals surface area contributed by atoms with Gasteiger partial charge in [-0.15, -0.1) is 0 Å². The molecule has 0 fully saturated rings. The maximum atomic E-state index is 12.3. The van der Waals surface area contributed by atoms with Gasteiger partial charge in [0.1, 0.15) is 5.75 Å². The number of ether oxygens (including phenoxy) is 1. The predicted octanol–water partition coefficient (Wildman–Crippen LogP) is 5.76. The monoisotopic (exact) mass is 376 g/mol. The van der Waals surface area contributed by atoms with Crippen LogP contribution in [0.4, 0.5) is 0 Å². The molecule has 27 heavy (non-hydrogen) atoms. The summed E-state index contributed by atoms with van der Waals surface area (Å²) >= 11 is 6.07. The third-order valence-electron chi connectivity index (χ3n) is 3.96. The van der Waals surface area contributed by atoms with E-state index >= 15 is 0 Å². The van der Waals surface area contributed by atoms with E-state index in [1.807, 2.05) is 37.3 Å². The Balaban J connectivity index is 1.66. The van der Waals surface area contributed by atoms with Gasteiger partial charge in [-0.3, -0.25) is 4.79 Å². The number of aryl methyl sites for hydroxylation is 1. The molecule has 0 aliphatic rings. The second kappa shape index (κ2) is 8.47. The first-order valence-corrected chi connectivity index (χ1v) is 8.76. The quantitative estimate of drug-likeness (QED) is 0.246. The van der Waals surface area contributed by atoms with Crippen LogP contribution in [0, 0.1) is 6.92 Å². The van der Waals surface area contributed by atoms with Crippen LogP contribution < -0.4 is 4.74 Å². The lowest BCUT2D eigenvalue weighted by Crippen LogP contribution is -2.08. The van der Waals surface area contributed by atoms with Crippen molar-refractivity contribution in [2.75, 3.05) is 0 Å². The van der Waals surface area contributed by atoms with E-state index in [1.165, 1.54) is 6.08 Å². The second-order valence-electron chi connectivity index (χ2n) is 6.00. The van der Waals surface area contributed by atoms with Crippen molar-refractivity contribution in [3.8, 4) is 5.75 Å². The highest BCUT2D eigenvalue weighted by molar-refractivity contribution is 6.32. The summed E-state index contributed by atoms with van der Waals surface area (Å²) in [6, 6.07) is 20.9. The zero-order chi connectivity index (χ0) is 19.2. The Kier molecular flexibility index (Phi) is 5.84. The Morgan fingerprint density at radius 2 is 1.48 bits per heavy atom. The topological polar surface area (TPSA) is 43.4 Å². The predicted molar refractivity (Wildman–Crippen MR) is 107 cm³/mol. The van der Waals surface area contributed by atoms with Gasteiger partial charge in [-0.05, 0) is 67.1 Å². The third kappa shape index (κ3) is 4.93. The van der Waals surface area contributed by atoms with Crippen LogP contribution in [0.25, 0.3) is 6.08 Å². The Morgan fingerprint density at radius 1 is 0.852 bits per heavy atom. The molecule has 0 saturated heterocycles.